The van der Waals surface area contributed by atoms with Gasteiger partial charge < -0.3 is 14.8 Å². The lowest BCUT2D eigenvalue weighted by Gasteiger charge is -2.29. The number of methoxy groups -OCH3 is 1. The average Bonchev–Trinajstić information content (AvgIpc) is 2.70. The van der Waals surface area contributed by atoms with Crippen molar-refractivity contribution in [2.75, 3.05) is 7.11 Å². The monoisotopic (exact) mass is 354 g/mol. The van der Waals surface area contributed by atoms with E-state index in [4.69, 9.17) is 4.74 Å². The molecule has 0 spiro atoms. The van der Waals surface area contributed by atoms with Crippen LogP contribution in [0.15, 0.2) is 48.7 Å². The van der Waals surface area contributed by atoms with Crippen LogP contribution >= 0.6 is 0 Å². The molecule has 0 atom stereocenters. The molecule has 136 valence electrons. The Morgan fingerprint density at radius 3 is 2.31 bits per heavy atom. The summed E-state index contributed by atoms with van der Waals surface area (Å²) >= 11 is 0. The van der Waals surface area contributed by atoms with Crippen LogP contribution in [0.2, 0.25) is 0 Å². The van der Waals surface area contributed by atoms with Crippen molar-refractivity contribution in [3.63, 3.8) is 0 Å². The maximum Gasteiger partial charge on any atom is 0.337 e. The summed E-state index contributed by atoms with van der Waals surface area (Å²) in [5.41, 5.74) is 0.959. The van der Waals surface area contributed by atoms with Crippen LogP contribution in [0, 0.1) is 0 Å². The molecule has 1 saturated carbocycles. The summed E-state index contributed by atoms with van der Waals surface area (Å²) < 4.78 is 10.5. The zero-order chi connectivity index (χ0) is 18.4. The fourth-order valence-corrected chi connectivity index (χ4v) is 3.06. The van der Waals surface area contributed by atoms with E-state index >= 15 is 0 Å². The van der Waals surface area contributed by atoms with Gasteiger partial charge in [-0.15, -0.1) is 0 Å². The number of amides is 1. The molecule has 3 rings (SSSR count). The number of pyridine rings is 1. The Bertz CT molecular complexity index is 738. The Morgan fingerprint density at radius 1 is 1.00 bits per heavy atom. The quantitative estimate of drug-likeness (QED) is 0.835. The molecule has 6 nitrogen and oxygen atoms in total. The van der Waals surface area contributed by atoms with Gasteiger partial charge in [-0.2, -0.15) is 0 Å². The molecule has 0 unspecified atom stereocenters. The minimum absolute atomic E-state index is 0.129. The maximum absolute atomic E-state index is 12.4. The van der Waals surface area contributed by atoms with Crippen molar-refractivity contribution < 1.29 is 19.1 Å². The zero-order valence-corrected chi connectivity index (χ0v) is 14.7. The van der Waals surface area contributed by atoms with Crippen LogP contribution in [0.25, 0.3) is 0 Å². The number of nitrogens with one attached hydrogen (secondary N) is 1. The molecule has 0 saturated heterocycles. The summed E-state index contributed by atoms with van der Waals surface area (Å²) in [5, 5.41) is 3.06. The summed E-state index contributed by atoms with van der Waals surface area (Å²) in [6.45, 7) is 0. The molecule has 0 radical (unpaired) electrons. The molecule has 0 aliphatic heterocycles. The highest BCUT2D eigenvalue weighted by molar-refractivity contribution is 5.96. The molecule has 26 heavy (non-hydrogen) atoms. The van der Waals surface area contributed by atoms with E-state index in [1.54, 1.807) is 30.5 Å². The number of aromatic nitrogens is 1. The van der Waals surface area contributed by atoms with Crippen LogP contribution in [-0.4, -0.2) is 36.1 Å². The normalized spacial score (nSPS) is 19.4. The third kappa shape index (κ3) is 4.59. The number of hydrogen-bond acceptors (Lipinski definition) is 5. The second kappa shape index (κ2) is 8.47. The van der Waals surface area contributed by atoms with Crippen LogP contribution in [0.5, 0.6) is 5.88 Å². The number of carbonyl (C=O) groups is 2. The lowest BCUT2D eigenvalue weighted by molar-refractivity contribution is 0.0600. The first-order valence-corrected chi connectivity index (χ1v) is 8.72. The predicted octanol–water partition coefficient (Wildman–Crippen LogP) is 2.99. The SMILES string of the molecule is COC(=O)c1ccc(C(=O)NC2CCC(Oc3ccccn3)CC2)cc1. The molecule has 1 fully saturated rings. The van der Waals surface area contributed by atoms with Crippen LogP contribution in [0.1, 0.15) is 46.4 Å². The highest BCUT2D eigenvalue weighted by atomic mass is 16.5. The van der Waals surface area contributed by atoms with Gasteiger partial charge in [0.1, 0.15) is 6.10 Å². The second-order valence-corrected chi connectivity index (χ2v) is 6.30. The summed E-state index contributed by atoms with van der Waals surface area (Å²) in [7, 11) is 1.33. The standard InChI is InChI=1S/C20H22N2O4/c1-25-20(24)15-7-5-14(6-8-15)19(23)22-16-9-11-17(12-10-16)26-18-4-2-3-13-21-18/h2-8,13,16-17H,9-12H2,1H3,(H,22,23). The van der Waals surface area contributed by atoms with Crippen molar-refractivity contribution >= 4 is 11.9 Å². The van der Waals surface area contributed by atoms with Gasteiger partial charge in [0.2, 0.25) is 5.88 Å². The number of benzene rings is 1. The minimum atomic E-state index is -0.414. The summed E-state index contributed by atoms with van der Waals surface area (Å²) in [6, 6.07) is 12.2. The van der Waals surface area contributed by atoms with E-state index < -0.39 is 5.97 Å². The molecule has 1 amide bonds. The van der Waals surface area contributed by atoms with E-state index in [0.29, 0.717) is 17.0 Å². The Balaban J connectivity index is 1.48. The first kappa shape index (κ1) is 17.9. The number of nitrogens with zero attached hydrogens (tertiary/aromatic N) is 1. The van der Waals surface area contributed by atoms with E-state index in [-0.39, 0.29) is 18.1 Å². The average molecular weight is 354 g/mol. The van der Waals surface area contributed by atoms with E-state index in [1.807, 2.05) is 18.2 Å². The van der Waals surface area contributed by atoms with Crippen molar-refractivity contribution in [2.45, 2.75) is 37.8 Å². The first-order chi connectivity index (χ1) is 12.7. The van der Waals surface area contributed by atoms with E-state index in [9.17, 15) is 9.59 Å². The number of esters is 1. The molecule has 6 heteroatoms. The van der Waals surface area contributed by atoms with Crippen molar-refractivity contribution in [3.8, 4) is 5.88 Å². The molecule has 2 aromatic rings. The Morgan fingerprint density at radius 2 is 1.69 bits per heavy atom. The van der Waals surface area contributed by atoms with E-state index in [1.165, 1.54) is 7.11 Å². The van der Waals surface area contributed by atoms with Crippen LogP contribution < -0.4 is 10.1 Å². The van der Waals surface area contributed by atoms with Gasteiger partial charge in [-0.1, -0.05) is 6.07 Å². The van der Waals surface area contributed by atoms with Gasteiger partial charge in [0.05, 0.1) is 12.7 Å². The van der Waals surface area contributed by atoms with Crippen LogP contribution in [0.3, 0.4) is 0 Å². The number of rotatable bonds is 5. The van der Waals surface area contributed by atoms with Crippen molar-refractivity contribution in [1.82, 2.24) is 10.3 Å². The van der Waals surface area contributed by atoms with Gasteiger partial charge in [0, 0.05) is 23.9 Å². The van der Waals surface area contributed by atoms with Crippen LogP contribution in [0.4, 0.5) is 0 Å². The molecular formula is C20H22N2O4. The molecule has 1 heterocycles. The highest BCUT2D eigenvalue weighted by Crippen LogP contribution is 2.23. The van der Waals surface area contributed by atoms with Gasteiger partial charge in [0.25, 0.3) is 5.91 Å². The van der Waals surface area contributed by atoms with Gasteiger partial charge in [-0.25, -0.2) is 9.78 Å². The van der Waals surface area contributed by atoms with Gasteiger partial charge in [-0.05, 0) is 56.0 Å². The number of hydrogen-bond donors (Lipinski definition) is 1. The molecule has 1 aliphatic rings. The second-order valence-electron chi connectivity index (χ2n) is 6.30. The smallest absolute Gasteiger partial charge is 0.337 e. The first-order valence-electron chi connectivity index (χ1n) is 8.72. The largest absolute Gasteiger partial charge is 0.474 e. The summed E-state index contributed by atoms with van der Waals surface area (Å²) in [5.74, 6) is 0.101. The predicted molar refractivity (Wildman–Crippen MR) is 96.2 cm³/mol. The van der Waals surface area contributed by atoms with Crippen LogP contribution in [-0.2, 0) is 4.74 Å². The summed E-state index contributed by atoms with van der Waals surface area (Å²) in [4.78, 5) is 28.0. The highest BCUT2D eigenvalue weighted by Gasteiger charge is 2.24. The number of ether oxygens (including phenoxy) is 2. The summed E-state index contributed by atoms with van der Waals surface area (Å²) in [6.07, 6.45) is 5.34. The van der Waals surface area contributed by atoms with Gasteiger partial charge in [0.15, 0.2) is 0 Å². The molecule has 1 aromatic heterocycles. The topological polar surface area (TPSA) is 77.5 Å². The molecule has 1 N–H and O–H groups in total. The third-order valence-electron chi connectivity index (χ3n) is 4.50. The van der Waals surface area contributed by atoms with E-state index in [0.717, 1.165) is 25.7 Å². The Kier molecular flexibility index (Phi) is 5.84. The lowest BCUT2D eigenvalue weighted by Crippen LogP contribution is -2.39. The van der Waals surface area contributed by atoms with Crippen molar-refractivity contribution in [1.29, 1.82) is 0 Å². The Labute approximate surface area is 152 Å². The number of carbonyl (C=O) groups excluding carboxylic acids is 2. The maximum atomic E-state index is 12.4. The molecular weight excluding hydrogens is 332 g/mol. The van der Waals surface area contributed by atoms with E-state index in [2.05, 4.69) is 15.0 Å². The van der Waals surface area contributed by atoms with Gasteiger partial charge >= 0.3 is 5.97 Å². The molecule has 0 bridgehead atoms. The fraction of sp³-hybridized carbons (Fsp3) is 0.350. The minimum Gasteiger partial charge on any atom is -0.474 e. The fourth-order valence-electron chi connectivity index (χ4n) is 3.06. The zero-order valence-electron chi connectivity index (χ0n) is 14.7. The molecule has 1 aromatic carbocycles. The third-order valence-corrected chi connectivity index (χ3v) is 4.50. The lowest BCUT2D eigenvalue weighted by atomic mass is 9.92. The Hall–Kier alpha value is -2.89. The molecule has 1 aliphatic carbocycles. The van der Waals surface area contributed by atoms with Gasteiger partial charge in [-0.3, -0.25) is 4.79 Å². The van der Waals surface area contributed by atoms with Crippen molar-refractivity contribution in [3.05, 3.63) is 59.8 Å². The van der Waals surface area contributed by atoms with Crippen molar-refractivity contribution in [2.24, 2.45) is 0 Å².